The Labute approximate surface area is 387 Å². The number of aliphatic carboxylic acids is 1. The lowest BCUT2D eigenvalue weighted by Crippen LogP contribution is -2.58. The molecule has 9 fully saturated rings. The Hall–Kier alpha value is -1.30. The van der Waals surface area contributed by atoms with E-state index in [1.54, 1.807) is 0 Å². The van der Waals surface area contributed by atoms with Crippen LogP contribution in [0.15, 0.2) is 0 Å². The number of carbonyl (C=O) groups excluding carboxylic acids is 1. The molecule has 6 N–H and O–H groups in total. The third-order valence-electron chi connectivity index (χ3n) is 21.5. The first-order chi connectivity index (χ1) is 30.4. The molecule has 10 nitrogen and oxygen atoms in total. The maximum atomic E-state index is 11.6. The fraction of sp³-hybridized carbons (Fsp3) is 0.963. The highest BCUT2D eigenvalue weighted by Crippen LogP contribution is 2.70. The summed E-state index contributed by atoms with van der Waals surface area (Å²) < 4.78 is 9.80. The fourth-order valence-electron chi connectivity index (χ4n) is 18.1. The van der Waals surface area contributed by atoms with Crippen LogP contribution in [0.25, 0.3) is 0 Å². The number of hydrogen-bond donors (Lipinski definition) is 6. The molecule has 0 spiro atoms. The number of aliphatic hydroxyl groups is 5. The molecule has 0 aromatic heterocycles. The summed E-state index contributed by atoms with van der Waals surface area (Å²) >= 11 is 0. The zero-order chi connectivity index (χ0) is 46.8. The smallest absolute Gasteiger partial charge is 0.305 e. The Morgan fingerprint density at radius 3 is 1.34 bits per heavy atom. The van der Waals surface area contributed by atoms with Crippen LogP contribution >= 0.6 is 0 Å². The average Bonchev–Trinajstić information content (AvgIpc) is 4.04. The van der Waals surface area contributed by atoms with E-state index in [0.717, 1.165) is 84.5 Å². The molecule has 1 aliphatic heterocycles. The first-order valence-corrected chi connectivity index (χ1v) is 26.4. The molecule has 64 heavy (non-hydrogen) atoms. The highest BCUT2D eigenvalue weighted by molar-refractivity contribution is 5.69. The van der Waals surface area contributed by atoms with E-state index in [0.29, 0.717) is 82.9 Å². The molecule has 8 saturated carbocycles. The SMILES string of the molecule is C1CCOC1.CO.COC(=O)CC[C@@H](C)[C@H]1CC[C@@H]2C3[C@@H](CC[C@@]21C)[C@@]1(C)CC[C@H](O)CC1C[C@@H]3O.C[C@H](CCC(=O)O)[C@H]1CC[C@@H]2C3[C@@H](CC[C@@]21C)[C@@]1(C)CC[C@H](O)CC1C[C@@H]3O. The molecule has 9 rings (SSSR count). The van der Waals surface area contributed by atoms with Crippen molar-refractivity contribution in [3.63, 3.8) is 0 Å². The lowest BCUT2D eigenvalue weighted by Gasteiger charge is -2.62. The van der Waals surface area contributed by atoms with E-state index in [9.17, 15) is 30.0 Å². The van der Waals surface area contributed by atoms with E-state index in [4.69, 9.17) is 19.7 Å². The van der Waals surface area contributed by atoms with Gasteiger partial charge in [0.05, 0.1) is 31.5 Å². The van der Waals surface area contributed by atoms with Gasteiger partial charge in [0.15, 0.2) is 0 Å². The van der Waals surface area contributed by atoms with Crippen molar-refractivity contribution >= 4 is 11.9 Å². The highest BCUT2D eigenvalue weighted by atomic mass is 16.5. The van der Waals surface area contributed by atoms with Gasteiger partial charge in [0.1, 0.15) is 0 Å². The van der Waals surface area contributed by atoms with Gasteiger partial charge in [0, 0.05) is 33.2 Å². The number of methoxy groups -OCH3 is 1. The van der Waals surface area contributed by atoms with E-state index in [2.05, 4.69) is 41.5 Å². The number of aliphatic hydroxyl groups excluding tert-OH is 5. The third kappa shape index (κ3) is 10.2. The number of fused-ring (bicyclic) bond motifs is 10. The van der Waals surface area contributed by atoms with Crippen molar-refractivity contribution in [3.05, 3.63) is 0 Å². The van der Waals surface area contributed by atoms with Gasteiger partial charge in [-0.1, -0.05) is 41.5 Å². The highest BCUT2D eigenvalue weighted by Gasteiger charge is 2.64. The van der Waals surface area contributed by atoms with Crippen molar-refractivity contribution in [2.45, 2.75) is 207 Å². The summed E-state index contributed by atoms with van der Waals surface area (Å²) in [7, 11) is 2.48. The summed E-state index contributed by atoms with van der Waals surface area (Å²) in [6.45, 7) is 16.5. The molecular formula is C54H94O10. The summed E-state index contributed by atoms with van der Waals surface area (Å²) in [6, 6.07) is 0. The molecule has 0 amide bonds. The van der Waals surface area contributed by atoms with Gasteiger partial charge in [-0.25, -0.2) is 0 Å². The Balaban J connectivity index is 0.000000185. The van der Waals surface area contributed by atoms with Gasteiger partial charge in [0.2, 0.25) is 0 Å². The summed E-state index contributed by atoms with van der Waals surface area (Å²) in [6.07, 6.45) is 21.5. The maximum Gasteiger partial charge on any atom is 0.305 e. The number of ether oxygens (including phenoxy) is 2. The molecule has 4 unspecified atom stereocenters. The number of rotatable bonds is 8. The summed E-state index contributed by atoms with van der Waals surface area (Å²) in [5, 5.41) is 59.1. The number of carboxylic acid groups (broad SMARTS) is 1. The van der Waals surface area contributed by atoms with Gasteiger partial charge in [-0.05, 0) is 221 Å². The Kier molecular flexibility index (Phi) is 17.5. The predicted molar refractivity (Wildman–Crippen MR) is 250 cm³/mol. The minimum atomic E-state index is -0.684. The quantitative estimate of drug-likeness (QED) is 0.129. The van der Waals surface area contributed by atoms with Crippen molar-refractivity contribution in [1.82, 2.24) is 0 Å². The van der Waals surface area contributed by atoms with Crippen LogP contribution in [0.4, 0.5) is 0 Å². The summed E-state index contributed by atoms with van der Waals surface area (Å²) in [5.41, 5.74) is 1.10. The molecule has 0 bridgehead atoms. The molecule has 8 aliphatic carbocycles. The van der Waals surface area contributed by atoms with Gasteiger partial charge in [-0.15, -0.1) is 0 Å². The monoisotopic (exact) mass is 903 g/mol. The first-order valence-electron chi connectivity index (χ1n) is 26.4. The van der Waals surface area contributed by atoms with Crippen molar-refractivity contribution < 1.29 is 49.7 Å². The molecular weight excluding hydrogens is 809 g/mol. The molecule has 0 aromatic rings. The van der Waals surface area contributed by atoms with Gasteiger partial charge in [0.25, 0.3) is 0 Å². The van der Waals surface area contributed by atoms with Gasteiger partial charge in [-0.3, -0.25) is 9.59 Å². The van der Waals surface area contributed by atoms with Crippen LogP contribution in [0.5, 0.6) is 0 Å². The number of carboxylic acids is 1. The second-order valence-electron chi connectivity index (χ2n) is 24.2. The van der Waals surface area contributed by atoms with E-state index in [-0.39, 0.29) is 53.1 Å². The van der Waals surface area contributed by atoms with Crippen molar-refractivity contribution in [2.75, 3.05) is 27.4 Å². The van der Waals surface area contributed by atoms with E-state index in [1.807, 2.05) is 0 Å². The molecule has 0 aromatic carbocycles. The first kappa shape index (κ1) is 52.1. The Bertz CT molecular complexity index is 1510. The zero-order valence-corrected chi connectivity index (χ0v) is 41.5. The predicted octanol–water partition coefficient (Wildman–Crippen LogP) is 9.45. The summed E-state index contributed by atoms with van der Waals surface area (Å²) in [5.74, 6) is 5.53. The average molecular weight is 903 g/mol. The van der Waals surface area contributed by atoms with Crippen LogP contribution in [-0.2, 0) is 19.1 Å². The molecule has 1 saturated heterocycles. The number of esters is 1. The van der Waals surface area contributed by atoms with Crippen LogP contribution in [0, 0.1) is 92.7 Å². The molecule has 20 atom stereocenters. The van der Waals surface area contributed by atoms with Crippen LogP contribution in [0.3, 0.4) is 0 Å². The maximum absolute atomic E-state index is 11.6. The van der Waals surface area contributed by atoms with E-state index >= 15 is 0 Å². The van der Waals surface area contributed by atoms with Crippen LogP contribution in [0.2, 0.25) is 0 Å². The molecule has 1 heterocycles. The number of hydrogen-bond acceptors (Lipinski definition) is 9. The van der Waals surface area contributed by atoms with Crippen molar-refractivity contribution in [1.29, 1.82) is 0 Å². The number of carbonyl (C=O) groups is 2. The van der Waals surface area contributed by atoms with Gasteiger partial charge >= 0.3 is 11.9 Å². The lowest BCUT2D eigenvalue weighted by molar-refractivity contribution is -0.174. The second-order valence-corrected chi connectivity index (χ2v) is 24.2. The van der Waals surface area contributed by atoms with Crippen molar-refractivity contribution in [2.24, 2.45) is 92.7 Å². The fourth-order valence-corrected chi connectivity index (χ4v) is 18.1. The topological polar surface area (TPSA) is 174 Å². The Morgan fingerprint density at radius 2 is 0.969 bits per heavy atom. The van der Waals surface area contributed by atoms with Gasteiger partial charge in [-0.2, -0.15) is 0 Å². The second kappa shape index (κ2) is 21.6. The van der Waals surface area contributed by atoms with Crippen LogP contribution in [-0.4, -0.2) is 94.4 Å². The molecule has 370 valence electrons. The lowest BCUT2D eigenvalue weighted by atomic mass is 9.43. The largest absolute Gasteiger partial charge is 0.481 e. The third-order valence-corrected chi connectivity index (χ3v) is 21.5. The van der Waals surface area contributed by atoms with E-state index in [1.165, 1.54) is 71.3 Å². The minimum Gasteiger partial charge on any atom is -0.481 e. The Morgan fingerprint density at radius 1 is 0.578 bits per heavy atom. The normalized spacial score (nSPS) is 47.3. The summed E-state index contributed by atoms with van der Waals surface area (Å²) in [4.78, 5) is 22.7. The van der Waals surface area contributed by atoms with E-state index < -0.39 is 5.97 Å². The standard InChI is InChI=1S/C25H42O4.C24H40O4.C4H8O.CH4O/c1-15(5-8-22(28)29-4)18-6-7-19-23-20(10-12-25(18,19)3)24(2)11-9-17(26)13-16(24)14-21(23)27;1-14(4-7-21(27)28)17-5-6-18-22-19(9-11-24(17,18)3)23(2)10-8-16(25)12-15(23)13-20(22)26;1-2-4-5-3-1;1-2/h15-21,23,26-27H,5-14H2,1-4H3;14-20,22,25-26H,4-13H2,1-3H3,(H,27,28);1-4H2;2H,1H3/t15-,16?,17+,18-,19-,20-,21+,23?,24+,25-;14-,15?,16+,17-,18-,19-,20+,22?,23+,24-;;/m11../s1. The van der Waals surface area contributed by atoms with Gasteiger partial charge < -0.3 is 40.1 Å². The van der Waals surface area contributed by atoms with Crippen LogP contribution < -0.4 is 0 Å². The minimum absolute atomic E-state index is 0.0959. The molecule has 0 radical (unpaired) electrons. The zero-order valence-electron chi connectivity index (χ0n) is 41.5. The molecule has 10 heteroatoms. The van der Waals surface area contributed by atoms with Crippen molar-refractivity contribution in [3.8, 4) is 0 Å². The molecule has 9 aliphatic rings. The van der Waals surface area contributed by atoms with Crippen LogP contribution in [0.1, 0.15) is 183 Å².